The fourth-order valence-electron chi connectivity index (χ4n) is 5.52. The first-order valence-corrected chi connectivity index (χ1v) is 16.7. The van der Waals surface area contributed by atoms with Gasteiger partial charge in [-0.3, -0.25) is 9.59 Å². The Hall–Kier alpha value is -4.13. The Morgan fingerprint density at radius 2 is 1.41 bits per heavy atom. The van der Waals surface area contributed by atoms with Gasteiger partial charge in [0.15, 0.2) is 0 Å². The molecule has 3 rings (SSSR count). The maximum atomic E-state index is 14.8. The molecule has 0 aromatic heterocycles. The zero-order chi connectivity index (χ0) is 33.5. The van der Waals surface area contributed by atoms with Crippen LogP contribution in [0.1, 0.15) is 100 Å². The number of ether oxygens (including phenoxy) is 1. The highest BCUT2D eigenvalue weighted by Crippen LogP contribution is 2.28. The Bertz CT molecular complexity index is 1390. The van der Waals surface area contributed by atoms with E-state index in [0.29, 0.717) is 13.1 Å². The monoisotopic (exact) mass is 627 g/mol. The summed E-state index contributed by atoms with van der Waals surface area (Å²) < 4.78 is 5.59. The highest BCUT2D eigenvalue weighted by Gasteiger charge is 2.37. The number of rotatable bonds is 16. The lowest BCUT2D eigenvalue weighted by Crippen LogP contribution is -2.54. The highest BCUT2D eigenvalue weighted by molar-refractivity contribution is 5.92. The van der Waals surface area contributed by atoms with Gasteiger partial charge in [0, 0.05) is 19.5 Å². The van der Waals surface area contributed by atoms with Crippen molar-refractivity contribution in [2.45, 2.75) is 111 Å². The van der Waals surface area contributed by atoms with Gasteiger partial charge >= 0.3 is 6.09 Å². The molecule has 248 valence electrons. The summed E-state index contributed by atoms with van der Waals surface area (Å²) in [5.74, 6) is -0.573. The van der Waals surface area contributed by atoms with E-state index in [4.69, 9.17) is 4.74 Å². The van der Waals surface area contributed by atoms with Crippen LogP contribution < -0.4 is 10.6 Å². The van der Waals surface area contributed by atoms with E-state index in [9.17, 15) is 14.4 Å². The first-order valence-electron chi connectivity index (χ1n) is 16.7. The Kier molecular flexibility index (Phi) is 14.3. The molecule has 0 fully saturated rings. The Labute approximate surface area is 276 Å². The molecule has 46 heavy (non-hydrogen) atoms. The van der Waals surface area contributed by atoms with Crippen LogP contribution >= 0.6 is 0 Å². The van der Waals surface area contributed by atoms with E-state index in [1.54, 1.807) is 25.7 Å². The summed E-state index contributed by atoms with van der Waals surface area (Å²) in [6, 6.07) is 23.5. The third kappa shape index (κ3) is 12.0. The highest BCUT2D eigenvalue weighted by atomic mass is 16.6. The maximum absolute atomic E-state index is 14.8. The van der Waals surface area contributed by atoms with Crippen molar-refractivity contribution in [3.05, 3.63) is 107 Å². The molecule has 0 saturated heterocycles. The van der Waals surface area contributed by atoms with Gasteiger partial charge in [-0.15, -0.1) is 0 Å². The van der Waals surface area contributed by atoms with Gasteiger partial charge in [0.25, 0.3) is 0 Å². The smallest absolute Gasteiger partial charge is 0.408 e. The summed E-state index contributed by atoms with van der Waals surface area (Å²) in [5, 5.41) is 5.98. The molecule has 7 heteroatoms. The van der Waals surface area contributed by atoms with E-state index in [-0.39, 0.29) is 18.2 Å². The zero-order valence-electron chi connectivity index (χ0n) is 28.6. The van der Waals surface area contributed by atoms with Gasteiger partial charge in [-0.2, -0.15) is 0 Å². The molecule has 2 atom stereocenters. The summed E-state index contributed by atoms with van der Waals surface area (Å²) in [4.78, 5) is 43.8. The van der Waals surface area contributed by atoms with E-state index in [0.717, 1.165) is 59.9 Å². The molecule has 0 aliphatic carbocycles. The molecular weight excluding hydrogens is 574 g/mol. The number of benzene rings is 3. The molecule has 0 bridgehead atoms. The van der Waals surface area contributed by atoms with Crippen molar-refractivity contribution in [3.8, 4) is 0 Å². The van der Waals surface area contributed by atoms with Gasteiger partial charge < -0.3 is 20.3 Å². The second kappa shape index (κ2) is 18.1. The van der Waals surface area contributed by atoms with E-state index in [1.807, 2.05) is 92.7 Å². The minimum atomic E-state index is -0.938. The van der Waals surface area contributed by atoms with Crippen molar-refractivity contribution in [2.24, 2.45) is 0 Å². The van der Waals surface area contributed by atoms with Gasteiger partial charge in [0.2, 0.25) is 11.8 Å². The molecule has 7 nitrogen and oxygen atoms in total. The summed E-state index contributed by atoms with van der Waals surface area (Å²) in [6.45, 7) is 12.2. The van der Waals surface area contributed by atoms with Crippen LogP contribution in [0, 0.1) is 13.8 Å². The molecule has 3 aromatic carbocycles. The lowest BCUT2D eigenvalue weighted by Gasteiger charge is -2.35. The number of nitrogens with zero attached hydrogens (tertiary/aromatic N) is 1. The van der Waals surface area contributed by atoms with Crippen molar-refractivity contribution < 1.29 is 19.1 Å². The van der Waals surface area contributed by atoms with Crippen LogP contribution in [0.25, 0.3) is 0 Å². The van der Waals surface area contributed by atoms with Crippen molar-refractivity contribution in [3.63, 3.8) is 0 Å². The number of hydrogen-bond donors (Lipinski definition) is 2. The minimum Gasteiger partial charge on any atom is -0.444 e. The van der Waals surface area contributed by atoms with Crippen molar-refractivity contribution in [1.82, 2.24) is 15.5 Å². The number of carbonyl (C=O) groups excluding carboxylic acids is 3. The molecule has 0 heterocycles. The number of alkyl carbamates (subject to hydrolysis) is 1. The molecule has 2 unspecified atom stereocenters. The largest absolute Gasteiger partial charge is 0.444 e. The fraction of sp³-hybridized carbons (Fsp3) is 0.462. The summed E-state index contributed by atoms with van der Waals surface area (Å²) in [6.07, 6.45) is 5.81. The van der Waals surface area contributed by atoms with Crippen LogP contribution in [0.4, 0.5) is 4.79 Å². The third-order valence-corrected chi connectivity index (χ3v) is 7.91. The summed E-state index contributed by atoms with van der Waals surface area (Å²) in [5.41, 5.74) is 3.83. The molecule has 3 amide bonds. The van der Waals surface area contributed by atoms with Crippen LogP contribution in [0.2, 0.25) is 0 Å². The van der Waals surface area contributed by atoms with Gasteiger partial charge in [0.1, 0.15) is 17.7 Å². The predicted octanol–water partition coefficient (Wildman–Crippen LogP) is 7.99. The summed E-state index contributed by atoms with van der Waals surface area (Å²) >= 11 is 0. The SMILES string of the molecule is CCCCCCCCN(C(=O)C(Cc1ccccc1)NC(=O)OC(C)(C)C)C(C(=O)NCc1ccccc1)c1cc(C)ccc1C. The number of nitrogens with one attached hydrogen (secondary N) is 2. The number of unbranched alkanes of at least 4 members (excludes halogenated alkanes) is 5. The molecule has 2 N–H and O–H groups in total. The quantitative estimate of drug-likeness (QED) is 0.158. The lowest BCUT2D eigenvalue weighted by atomic mass is 9.95. The predicted molar refractivity (Wildman–Crippen MR) is 185 cm³/mol. The van der Waals surface area contributed by atoms with Crippen molar-refractivity contribution >= 4 is 17.9 Å². The Morgan fingerprint density at radius 1 is 0.804 bits per heavy atom. The van der Waals surface area contributed by atoms with Crippen LogP contribution in [0.5, 0.6) is 0 Å². The zero-order valence-corrected chi connectivity index (χ0v) is 28.6. The number of carbonyl (C=O) groups is 3. The lowest BCUT2D eigenvalue weighted by molar-refractivity contribution is -0.142. The number of amides is 3. The van der Waals surface area contributed by atoms with E-state index in [2.05, 4.69) is 17.6 Å². The standard InChI is InChI=1S/C39H53N3O4/c1-7-8-9-10-11-18-25-42(37(44)34(27-31-19-14-12-15-20-31)41-38(45)46-39(4,5)6)35(33-26-29(2)23-24-30(33)3)36(43)40-28-32-21-16-13-17-22-32/h12-17,19-24,26,34-35H,7-11,18,25,27-28H2,1-6H3,(H,40,43)(H,41,45). The van der Waals surface area contributed by atoms with E-state index >= 15 is 0 Å². The molecule has 3 aromatic rings. The van der Waals surface area contributed by atoms with Crippen LogP contribution in [0.15, 0.2) is 78.9 Å². The van der Waals surface area contributed by atoms with Gasteiger partial charge in [-0.25, -0.2) is 4.79 Å². The topological polar surface area (TPSA) is 87.7 Å². The van der Waals surface area contributed by atoms with Gasteiger partial charge in [-0.05, 0) is 63.3 Å². The molecule has 0 aliphatic rings. The first-order chi connectivity index (χ1) is 22.0. The average molecular weight is 628 g/mol. The second-order valence-electron chi connectivity index (χ2n) is 13.2. The Morgan fingerprint density at radius 3 is 2.04 bits per heavy atom. The second-order valence-corrected chi connectivity index (χ2v) is 13.2. The van der Waals surface area contributed by atoms with E-state index < -0.39 is 23.8 Å². The average Bonchev–Trinajstić information content (AvgIpc) is 3.02. The minimum absolute atomic E-state index is 0.257. The first kappa shape index (κ1) is 36.3. The normalized spacial score (nSPS) is 12.6. The van der Waals surface area contributed by atoms with Gasteiger partial charge in [-0.1, -0.05) is 123 Å². The summed E-state index contributed by atoms with van der Waals surface area (Å²) in [7, 11) is 0. The van der Waals surface area contributed by atoms with Crippen LogP contribution in [0.3, 0.4) is 0 Å². The maximum Gasteiger partial charge on any atom is 0.408 e. The number of aryl methyl sites for hydroxylation is 2. The molecular formula is C39H53N3O4. The van der Waals surface area contributed by atoms with Crippen molar-refractivity contribution in [2.75, 3.05) is 6.54 Å². The number of hydrogen-bond acceptors (Lipinski definition) is 4. The van der Waals surface area contributed by atoms with Crippen molar-refractivity contribution in [1.29, 1.82) is 0 Å². The molecule has 0 radical (unpaired) electrons. The fourth-order valence-corrected chi connectivity index (χ4v) is 5.52. The van der Waals surface area contributed by atoms with Crippen LogP contribution in [-0.4, -0.2) is 41.0 Å². The molecule has 0 spiro atoms. The molecule has 0 saturated carbocycles. The molecule has 0 aliphatic heterocycles. The van der Waals surface area contributed by atoms with Crippen LogP contribution in [-0.2, 0) is 27.3 Å². The van der Waals surface area contributed by atoms with Gasteiger partial charge in [0.05, 0.1) is 0 Å². The Balaban J connectivity index is 2.04. The third-order valence-electron chi connectivity index (χ3n) is 7.91. The van der Waals surface area contributed by atoms with E-state index in [1.165, 1.54) is 6.42 Å².